The lowest BCUT2D eigenvalue weighted by molar-refractivity contribution is 0.100. The Balaban J connectivity index is 2.04. The fourth-order valence-corrected chi connectivity index (χ4v) is 2.22. The monoisotopic (exact) mass is 278 g/mol. The molecule has 1 N–H and O–H groups in total. The van der Waals surface area contributed by atoms with E-state index >= 15 is 0 Å². The average Bonchev–Trinajstić information content (AvgIpc) is 2.90. The van der Waals surface area contributed by atoms with Crippen LogP contribution in [0.25, 0.3) is 22.4 Å². The van der Waals surface area contributed by atoms with Crippen molar-refractivity contribution in [1.29, 1.82) is 0 Å². The van der Waals surface area contributed by atoms with E-state index in [1.165, 1.54) is 6.92 Å². The van der Waals surface area contributed by atoms with Crippen LogP contribution in [0.4, 0.5) is 0 Å². The minimum atomic E-state index is 0.0206. The van der Waals surface area contributed by atoms with Crippen LogP contribution in [0.15, 0.2) is 42.5 Å². The van der Waals surface area contributed by atoms with E-state index in [0.717, 1.165) is 22.4 Å². The van der Waals surface area contributed by atoms with Crippen molar-refractivity contribution in [3.63, 3.8) is 0 Å². The number of carbonyl (C=O) groups excluding carboxylic acids is 2. The minimum absolute atomic E-state index is 0.0206. The molecule has 0 radical (unpaired) electrons. The van der Waals surface area contributed by atoms with Gasteiger partial charge in [0, 0.05) is 16.7 Å². The first kappa shape index (κ1) is 13.2. The molecule has 3 aromatic rings. The van der Waals surface area contributed by atoms with Gasteiger partial charge in [-0.05, 0) is 32.0 Å². The van der Waals surface area contributed by atoms with E-state index in [0.29, 0.717) is 11.1 Å². The molecule has 0 aliphatic heterocycles. The quantitative estimate of drug-likeness (QED) is 0.744. The molecule has 0 aliphatic carbocycles. The van der Waals surface area contributed by atoms with Crippen LogP contribution in [0, 0.1) is 0 Å². The van der Waals surface area contributed by atoms with Crippen LogP contribution in [0.2, 0.25) is 0 Å². The summed E-state index contributed by atoms with van der Waals surface area (Å²) >= 11 is 0. The molecular formula is C17H14N2O2. The number of carbonyl (C=O) groups is 2. The van der Waals surface area contributed by atoms with Gasteiger partial charge in [-0.1, -0.05) is 24.3 Å². The second-order valence-corrected chi connectivity index (χ2v) is 5.01. The van der Waals surface area contributed by atoms with E-state index in [1.54, 1.807) is 31.2 Å². The number of ketones is 2. The Kier molecular flexibility index (Phi) is 3.14. The first-order valence-electron chi connectivity index (χ1n) is 6.66. The van der Waals surface area contributed by atoms with E-state index in [4.69, 9.17) is 0 Å². The van der Waals surface area contributed by atoms with Gasteiger partial charge in [0.15, 0.2) is 11.6 Å². The predicted molar refractivity (Wildman–Crippen MR) is 81.5 cm³/mol. The van der Waals surface area contributed by atoms with Crippen LogP contribution in [-0.2, 0) is 0 Å². The van der Waals surface area contributed by atoms with Gasteiger partial charge in [-0.15, -0.1) is 0 Å². The zero-order valence-electron chi connectivity index (χ0n) is 11.8. The van der Waals surface area contributed by atoms with Gasteiger partial charge in [0.05, 0.1) is 11.0 Å². The fourth-order valence-electron chi connectivity index (χ4n) is 2.22. The van der Waals surface area contributed by atoms with Crippen molar-refractivity contribution in [2.75, 3.05) is 0 Å². The SMILES string of the molecule is CC(=O)c1ccc(-c2nc3cc(C(C)=O)ccc3[nH]2)cc1. The maximum atomic E-state index is 11.4. The van der Waals surface area contributed by atoms with Gasteiger partial charge in [-0.2, -0.15) is 0 Å². The number of H-pyrrole nitrogens is 1. The lowest BCUT2D eigenvalue weighted by Gasteiger charge is -1.98. The molecule has 0 bridgehead atoms. The summed E-state index contributed by atoms with van der Waals surface area (Å²) in [4.78, 5) is 30.4. The molecule has 104 valence electrons. The second kappa shape index (κ2) is 4.98. The second-order valence-electron chi connectivity index (χ2n) is 5.01. The van der Waals surface area contributed by atoms with E-state index < -0.39 is 0 Å². The molecule has 0 aliphatic rings. The number of rotatable bonds is 3. The molecule has 21 heavy (non-hydrogen) atoms. The minimum Gasteiger partial charge on any atom is -0.338 e. The Morgan fingerprint density at radius 3 is 2.14 bits per heavy atom. The van der Waals surface area contributed by atoms with E-state index in [-0.39, 0.29) is 11.6 Å². The summed E-state index contributed by atoms with van der Waals surface area (Å²) in [5.74, 6) is 0.783. The maximum Gasteiger partial charge on any atom is 0.159 e. The number of Topliss-reactive ketones (excluding diaryl/α,β-unsaturated/α-hetero) is 2. The number of fused-ring (bicyclic) bond motifs is 1. The Hall–Kier alpha value is -2.75. The fraction of sp³-hybridized carbons (Fsp3) is 0.118. The summed E-state index contributed by atoms with van der Waals surface area (Å²) in [5.41, 5.74) is 3.86. The van der Waals surface area contributed by atoms with E-state index in [1.807, 2.05) is 18.2 Å². The molecule has 0 atom stereocenters. The van der Waals surface area contributed by atoms with Gasteiger partial charge in [0.1, 0.15) is 5.82 Å². The molecule has 4 heteroatoms. The number of imidazole rings is 1. The van der Waals surface area contributed by atoms with Gasteiger partial charge in [0.2, 0.25) is 0 Å². The first-order valence-corrected chi connectivity index (χ1v) is 6.66. The summed E-state index contributed by atoms with van der Waals surface area (Å²) in [6, 6.07) is 12.7. The molecular weight excluding hydrogens is 264 g/mol. The molecule has 0 amide bonds. The molecule has 1 aromatic heterocycles. The molecule has 4 nitrogen and oxygen atoms in total. The summed E-state index contributed by atoms with van der Waals surface area (Å²) in [6.45, 7) is 3.08. The van der Waals surface area contributed by atoms with Crippen molar-refractivity contribution >= 4 is 22.6 Å². The lowest BCUT2D eigenvalue weighted by atomic mass is 10.1. The third-order valence-electron chi connectivity index (χ3n) is 3.45. The average molecular weight is 278 g/mol. The molecule has 0 saturated carbocycles. The summed E-state index contributed by atoms with van der Waals surface area (Å²) in [6.07, 6.45) is 0. The van der Waals surface area contributed by atoms with Gasteiger partial charge in [0.25, 0.3) is 0 Å². The van der Waals surface area contributed by atoms with Gasteiger partial charge >= 0.3 is 0 Å². The van der Waals surface area contributed by atoms with Crippen LogP contribution < -0.4 is 0 Å². The number of hydrogen-bond acceptors (Lipinski definition) is 3. The van der Waals surface area contributed by atoms with Crippen molar-refractivity contribution in [2.24, 2.45) is 0 Å². The van der Waals surface area contributed by atoms with Crippen LogP contribution in [0.5, 0.6) is 0 Å². The number of benzene rings is 2. The van der Waals surface area contributed by atoms with Crippen molar-refractivity contribution in [3.8, 4) is 11.4 Å². The number of nitrogens with zero attached hydrogens (tertiary/aromatic N) is 1. The zero-order valence-corrected chi connectivity index (χ0v) is 11.8. The van der Waals surface area contributed by atoms with E-state index in [9.17, 15) is 9.59 Å². The highest BCUT2D eigenvalue weighted by atomic mass is 16.1. The molecule has 2 aromatic carbocycles. The molecule has 3 rings (SSSR count). The topological polar surface area (TPSA) is 62.8 Å². The molecule has 1 heterocycles. The maximum absolute atomic E-state index is 11.4. The predicted octanol–water partition coefficient (Wildman–Crippen LogP) is 3.64. The third kappa shape index (κ3) is 2.48. The molecule has 0 saturated heterocycles. The van der Waals surface area contributed by atoms with Crippen molar-refractivity contribution in [3.05, 3.63) is 53.6 Å². The summed E-state index contributed by atoms with van der Waals surface area (Å²) in [5, 5.41) is 0. The Morgan fingerprint density at radius 2 is 1.52 bits per heavy atom. The Bertz CT molecular complexity index is 845. The van der Waals surface area contributed by atoms with Gasteiger partial charge in [-0.25, -0.2) is 4.98 Å². The van der Waals surface area contributed by atoms with Crippen LogP contribution in [0.1, 0.15) is 34.6 Å². The first-order chi connectivity index (χ1) is 10.0. The van der Waals surface area contributed by atoms with E-state index in [2.05, 4.69) is 9.97 Å². The summed E-state index contributed by atoms with van der Waals surface area (Å²) < 4.78 is 0. The lowest BCUT2D eigenvalue weighted by Crippen LogP contribution is -1.91. The highest BCUT2D eigenvalue weighted by Gasteiger charge is 2.08. The van der Waals surface area contributed by atoms with Gasteiger partial charge in [-0.3, -0.25) is 9.59 Å². The highest BCUT2D eigenvalue weighted by Crippen LogP contribution is 2.22. The molecule has 0 fully saturated rings. The number of aromatic amines is 1. The van der Waals surface area contributed by atoms with Crippen molar-refractivity contribution < 1.29 is 9.59 Å². The van der Waals surface area contributed by atoms with Crippen molar-refractivity contribution in [2.45, 2.75) is 13.8 Å². The highest BCUT2D eigenvalue weighted by molar-refractivity contribution is 5.97. The number of aromatic nitrogens is 2. The number of nitrogens with one attached hydrogen (secondary N) is 1. The van der Waals surface area contributed by atoms with Crippen molar-refractivity contribution in [1.82, 2.24) is 9.97 Å². The summed E-state index contributed by atoms with van der Waals surface area (Å²) in [7, 11) is 0. The van der Waals surface area contributed by atoms with Crippen LogP contribution >= 0.6 is 0 Å². The third-order valence-corrected chi connectivity index (χ3v) is 3.45. The Morgan fingerprint density at radius 1 is 0.905 bits per heavy atom. The normalized spacial score (nSPS) is 10.8. The largest absolute Gasteiger partial charge is 0.338 e. The zero-order chi connectivity index (χ0) is 15.0. The molecule has 0 unspecified atom stereocenters. The van der Waals surface area contributed by atoms with Gasteiger partial charge < -0.3 is 4.98 Å². The smallest absolute Gasteiger partial charge is 0.159 e. The number of hydrogen-bond donors (Lipinski definition) is 1. The van der Waals surface area contributed by atoms with Crippen LogP contribution in [-0.4, -0.2) is 21.5 Å². The Labute approximate surface area is 121 Å². The molecule has 0 spiro atoms. The standard InChI is InChI=1S/C17H14N2O2/c1-10(20)12-3-5-13(6-4-12)17-18-15-8-7-14(11(2)21)9-16(15)19-17/h3-9H,1-2H3,(H,18,19). The van der Waals surface area contributed by atoms with Crippen LogP contribution in [0.3, 0.4) is 0 Å².